The predicted octanol–water partition coefficient (Wildman–Crippen LogP) is 0.614. The molecule has 0 spiro atoms. The van der Waals surface area contributed by atoms with Crippen LogP contribution >= 0.6 is 0 Å². The number of likely N-dealkylation sites (N-methyl/N-ethyl adjacent to an activating group) is 2. The lowest BCUT2D eigenvalue weighted by Gasteiger charge is -2.35. The second-order valence-electron chi connectivity index (χ2n) is 9.04. The number of rotatable bonds is 5. The molecule has 3 unspecified atom stereocenters. The van der Waals surface area contributed by atoms with E-state index >= 15 is 0 Å². The van der Waals surface area contributed by atoms with E-state index in [9.17, 15) is 9.59 Å². The fraction of sp³-hybridized carbons (Fsp3) is 0.652. The Morgan fingerprint density at radius 3 is 2.53 bits per heavy atom. The van der Waals surface area contributed by atoms with Crippen molar-refractivity contribution in [2.45, 2.75) is 43.9 Å². The Kier molecular flexibility index (Phi) is 6.71. The predicted molar refractivity (Wildman–Crippen MR) is 117 cm³/mol. The molecule has 4 rings (SSSR count). The van der Waals surface area contributed by atoms with Gasteiger partial charge in [-0.25, -0.2) is 0 Å². The third-order valence-electron chi connectivity index (χ3n) is 7.13. The number of carbonyl (C=O) groups is 2. The van der Waals surface area contributed by atoms with Crippen LogP contribution in [0, 0.1) is 0 Å². The van der Waals surface area contributed by atoms with Gasteiger partial charge in [0, 0.05) is 64.3 Å². The smallest absolute Gasteiger partial charge is 0.239 e. The summed E-state index contributed by atoms with van der Waals surface area (Å²) in [7, 11) is 4.24. The number of piperazine rings is 1. The van der Waals surface area contributed by atoms with Crippen molar-refractivity contribution < 1.29 is 9.59 Å². The van der Waals surface area contributed by atoms with Crippen molar-refractivity contribution in [2.75, 3.05) is 53.4 Å². The zero-order valence-corrected chi connectivity index (χ0v) is 18.3. The van der Waals surface area contributed by atoms with E-state index in [1.807, 2.05) is 11.0 Å². The van der Waals surface area contributed by atoms with Crippen LogP contribution in [0.2, 0.25) is 0 Å². The van der Waals surface area contributed by atoms with Gasteiger partial charge in [-0.3, -0.25) is 19.4 Å². The van der Waals surface area contributed by atoms with Gasteiger partial charge in [-0.05, 0) is 32.5 Å². The van der Waals surface area contributed by atoms with Crippen LogP contribution in [0.15, 0.2) is 30.3 Å². The van der Waals surface area contributed by atoms with Crippen LogP contribution in [-0.2, 0) is 16.1 Å². The van der Waals surface area contributed by atoms with E-state index in [0.29, 0.717) is 13.0 Å². The first-order valence-corrected chi connectivity index (χ1v) is 11.3. The molecule has 3 atom stereocenters. The molecule has 1 aromatic carbocycles. The average molecular weight is 414 g/mol. The number of hydrogen-bond acceptors (Lipinski definition) is 5. The monoisotopic (exact) mass is 413 g/mol. The van der Waals surface area contributed by atoms with Gasteiger partial charge in [0.25, 0.3) is 0 Å². The fourth-order valence-corrected chi connectivity index (χ4v) is 5.15. The molecule has 2 amide bonds. The van der Waals surface area contributed by atoms with E-state index in [2.05, 4.69) is 58.4 Å². The summed E-state index contributed by atoms with van der Waals surface area (Å²) in [4.78, 5) is 34.6. The molecule has 7 nitrogen and oxygen atoms in total. The van der Waals surface area contributed by atoms with Crippen molar-refractivity contribution in [3.63, 3.8) is 0 Å². The summed E-state index contributed by atoms with van der Waals surface area (Å²) in [6.07, 6.45) is 2.34. The van der Waals surface area contributed by atoms with E-state index < -0.39 is 0 Å². The first-order valence-electron chi connectivity index (χ1n) is 11.3. The molecule has 0 radical (unpaired) electrons. The second kappa shape index (κ2) is 9.45. The Hall–Kier alpha value is -1.96. The molecule has 3 fully saturated rings. The zero-order valence-electron chi connectivity index (χ0n) is 18.3. The molecule has 0 saturated carbocycles. The topological polar surface area (TPSA) is 59.1 Å². The van der Waals surface area contributed by atoms with E-state index in [1.165, 1.54) is 5.56 Å². The molecule has 3 heterocycles. The first-order chi connectivity index (χ1) is 14.5. The Morgan fingerprint density at radius 1 is 1.07 bits per heavy atom. The summed E-state index contributed by atoms with van der Waals surface area (Å²) >= 11 is 0. The summed E-state index contributed by atoms with van der Waals surface area (Å²) in [6.45, 7) is 5.90. The van der Waals surface area contributed by atoms with Crippen LogP contribution in [0.5, 0.6) is 0 Å². The van der Waals surface area contributed by atoms with E-state index in [-0.39, 0.29) is 29.9 Å². The molecule has 7 heteroatoms. The SMILES string of the molecule is CN1CCN(C(=O)CCC2CNC(=O)C3C(CCN3Cc3ccccc3)N2C)CC1. The molecule has 30 heavy (non-hydrogen) atoms. The normalized spacial score (nSPS) is 28.8. The number of hydrogen-bond donors (Lipinski definition) is 1. The quantitative estimate of drug-likeness (QED) is 0.767. The number of carbonyl (C=O) groups excluding carboxylic acids is 2. The highest BCUT2D eigenvalue weighted by atomic mass is 16.2. The van der Waals surface area contributed by atoms with Crippen LogP contribution in [0.25, 0.3) is 0 Å². The van der Waals surface area contributed by atoms with Gasteiger partial charge in [-0.1, -0.05) is 30.3 Å². The Balaban J connectivity index is 1.35. The number of nitrogens with zero attached hydrogens (tertiary/aromatic N) is 4. The maximum Gasteiger partial charge on any atom is 0.239 e. The van der Waals surface area contributed by atoms with Gasteiger partial charge < -0.3 is 15.1 Å². The molecule has 0 aliphatic carbocycles. The lowest BCUT2D eigenvalue weighted by Crippen LogP contribution is -2.50. The molecular formula is C23H35N5O2. The summed E-state index contributed by atoms with van der Waals surface area (Å²) in [6, 6.07) is 10.7. The summed E-state index contributed by atoms with van der Waals surface area (Å²) in [5.41, 5.74) is 1.24. The van der Waals surface area contributed by atoms with Gasteiger partial charge >= 0.3 is 0 Å². The van der Waals surface area contributed by atoms with Gasteiger partial charge in [-0.15, -0.1) is 0 Å². The third kappa shape index (κ3) is 4.68. The standard InChI is InChI=1S/C23H35N5O2/c1-25-12-14-27(15-13-25)21(29)9-8-19-16-24-23(30)22-20(26(19)2)10-11-28(22)17-18-6-4-3-5-7-18/h3-7,19-20,22H,8-17H2,1-2H3,(H,24,30). The Labute approximate surface area is 180 Å². The fourth-order valence-electron chi connectivity index (χ4n) is 5.15. The van der Waals surface area contributed by atoms with Crippen LogP contribution in [0.1, 0.15) is 24.8 Å². The van der Waals surface area contributed by atoms with Gasteiger partial charge in [0.2, 0.25) is 11.8 Å². The third-order valence-corrected chi connectivity index (χ3v) is 7.13. The molecule has 3 aliphatic rings. The van der Waals surface area contributed by atoms with Crippen molar-refractivity contribution in [3.8, 4) is 0 Å². The maximum atomic E-state index is 12.9. The lowest BCUT2D eigenvalue weighted by atomic mass is 10.0. The van der Waals surface area contributed by atoms with Crippen molar-refractivity contribution in [3.05, 3.63) is 35.9 Å². The minimum absolute atomic E-state index is 0.117. The van der Waals surface area contributed by atoms with Crippen LogP contribution in [0.4, 0.5) is 0 Å². The lowest BCUT2D eigenvalue weighted by molar-refractivity contribution is -0.133. The number of benzene rings is 1. The molecule has 164 valence electrons. The Bertz CT molecular complexity index is 734. The van der Waals surface area contributed by atoms with E-state index in [1.54, 1.807) is 0 Å². The van der Waals surface area contributed by atoms with Crippen molar-refractivity contribution in [2.24, 2.45) is 0 Å². The van der Waals surface area contributed by atoms with Crippen molar-refractivity contribution in [1.82, 2.24) is 24.9 Å². The van der Waals surface area contributed by atoms with E-state index in [4.69, 9.17) is 0 Å². The van der Waals surface area contributed by atoms with Crippen molar-refractivity contribution in [1.29, 1.82) is 0 Å². The molecular weight excluding hydrogens is 378 g/mol. The molecule has 0 aromatic heterocycles. The van der Waals surface area contributed by atoms with Gasteiger partial charge in [-0.2, -0.15) is 0 Å². The summed E-state index contributed by atoms with van der Waals surface area (Å²) in [5.74, 6) is 0.383. The van der Waals surface area contributed by atoms with E-state index in [0.717, 1.165) is 52.1 Å². The van der Waals surface area contributed by atoms with Crippen LogP contribution in [-0.4, -0.2) is 103 Å². The van der Waals surface area contributed by atoms with Crippen molar-refractivity contribution >= 4 is 11.8 Å². The number of amides is 2. The molecule has 1 aromatic rings. The number of nitrogens with one attached hydrogen (secondary N) is 1. The minimum atomic E-state index is -0.117. The zero-order chi connectivity index (χ0) is 21.1. The highest BCUT2D eigenvalue weighted by Gasteiger charge is 2.44. The van der Waals surface area contributed by atoms with Gasteiger partial charge in [0.05, 0.1) is 0 Å². The van der Waals surface area contributed by atoms with Crippen LogP contribution < -0.4 is 5.32 Å². The molecule has 3 saturated heterocycles. The second-order valence-corrected chi connectivity index (χ2v) is 9.04. The summed E-state index contributed by atoms with van der Waals surface area (Å²) < 4.78 is 0. The average Bonchev–Trinajstić information content (AvgIpc) is 3.12. The molecule has 1 N–H and O–H groups in total. The Morgan fingerprint density at radius 2 is 1.80 bits per heavy atom. The van der Waals surface area contributed by atoms with Gasteiger partial charge in [0.1, 0.15) is 6.04 Å². The van der Waals surface area contributed by atoms with Crippen LogP contribution in [0.3, 0.4) is 0 Å². The summed E-state index contributed by atoms with van der Waals surface area (Å²) in [5, 5.41) is 3.17. The number of likely N-dealkylation sites (tertiary alicyclic amines) is 1. The number of fused-ring (bicyclic) bond motifs is 1. The van der Waals surface area contributed by atoms with Gasteiger partial charge in [0.15, 0.2) is 0 Å². The first kappa shape index (κ1) is 21.3. The molecule has 3 aliphatic heterocycles. The highest BCUT2D eigenvalue weighted by Crippen LogP contribution is 2.28. The minimum Gasteiger partial charge on any atom is -0.353 e. The largest absolute Gasteiger partial charge is 0.353 e. The highest BCUT2D eigenvalue weighted by molar-refractivity contribution is 5.83. The maximum absolute atomic E-state index is 12.9. The molecule has 0 bridgehead atoms.